The van der Waals surface area contributed by atoms with E-state index < -0.39 is 11.1 Å². The van der Waals surface area contributed by atoms with Crippen molar-refractivity contribution in [3.63, 3.8) is 0 Å². The van der Waals surface area contributed by atoms with Gasteiger partial charge >= 0.3 is 0 Å². The van der Waals surface area contributed by atoms with Gasteiger partial charge in [-0.3, -0.25) is 19.8 Å². The van der Waals surface area contributed by atoms with Crippen LogP contribution in [0.15, 0.2) is 60.7 Å². The van der Waals surface area contributed by atoms with Gasteiger partial charge in [-0.05, 0) is 83.1 Å². The van der Waals surface area contributed by atoms with Gasteiger partial charge < -0.3 is 5.32 Å². The molecular formula is C21H15ClIN3O3. The van der Waals surface area contributed by atoms with E-state index in [2.05, 4.69) is 27.9 Å². The van der Waals surface area contributed by atoms with E-state index in [0.717, 1.165) is 14.8 Å². The Morgan fingerprint density at radius 1 is 1.14 bits per heavy atom. The molecule has 0 aliphatic carbocycles. The van der Waals surface area contributed by atoms with Crippen molar-refractivity contribution in [3.8, 4) is 0 Å². The second-order valence-electron chi connectivity index (χ2n) is 6.72. The van der Waals surface area contributed by atoms with Crippen LogP contribution < -0.4 is 10.2 Å². The Morgan fingerprint density at radius 3 is 2.62 bits per heavy atom. The van der Waals surface area contributed by atoms with E-state index in [0.29, 0.717) is 16.8 Å². The fourth-order valence-electron chi connectivity index (χ4n) is 3.40. The zero-order chi connectivity index (χ0) is 20.7. The summed E-state index contributed by atoms with van der Waals surface area (Å²) in [5.74, 6) is -0.151. The van der Waals surface area contributed by atoms with Gasteiger partial charge in [-0.1, -0.05) is 23.7 Å². The maximum atomic E-state index is 13.5. The Kier molecular flexibility index (Phi) is 5.18. The number of nitrogens with zero attached hydrogens (tertiary/aromatic N) is 2. The second kappa shape index (κ2) is 7.64. The first-order chi connectivity index (χ1) is 13.8. The van der Waals surface area contributed by atoms with Crippen LogP contribution in [0.3, 0.4) is 0 Å². The average Bonchev–Trinajstić information content (AvgIpc) is 2.68. The molecule has 0 saturated heterocycles. The van der Waals surface area contributed by atoms with Crippen molar-refractivity contribution in [1.82, 2.24) is 0 Å². The summed E-state index contributed by atoms with van der Waals surface area (Å²) in [7, 11) is 0. The highest BCUT2D eigenvalue weighted by Crippen LogP contribution is 2.39. The van der Waals surface area contributed by atoms with E-state index >= 15 is 0 Å². The van der Waals surface area contributed by atoms with E-state index in [1.165, 1.54) is 12.1 Å². The van der Waals surface area contributed by atoms with E-state index in [4.69, 9.17) is 11.6 Å². The van der Waals surface area contributed by atoms with Crippen molar-refractivity contribution < 1.29 is 9.72 Å². The third-order valence-electron chi connectivity index (χ3n) is 4.75. The monoisotopic (exact) mass is 519 g/mol. The molecular weight excluding hydrogens is 505 g/mol. The molecule has 0 radical (unpaired) electrons. The predicted octanol–water partition coefficient (Wildman–Crippen LogP) is 5.93. The zero-order valence-corrected chi connectivity index (χ0v) is 18.1. The number of nitrogens with one attached hydrogen (secondary N) is 1. The van der Waals surface area contributed by atoms with E-state index in [-0.39, 0.29) is 16.6 Å². The number of hydrogen-bond acceptors (Lipinski definition) is 4. The standard InChI is InChI=1S/C21H15ClIN3O3/c1-12-3-2-4-15(9-12)25-20(13-5-8-19(26(28)29)17(22)10-13)24-18-7-6-14(23)11-16(18)21(25)27/h2-11,20,24H,1H3. The van der Waals surface area contributed by atoms with Crippen molar-refractivity contribution >= 4 is 57.2 Å². The number of aryl methyl sites for hydroxylation is 1. The summed E-state index contributed by atoms with van der Waals surface area (Å²) in [6.45, 7) is 1.96. The predicted molar refractivity (Wildman–Crippen MR) is 122 cm³/mol. The van der Waals surface area contributed by atoms with Gasteiger partial charge in [0.2, 0.25) is 0 Å². The van der Waals surface area contributed by atoms with Crippen LogP contribution in [0.2, 0.25) is 5.02 Å². The summed E-state index contributed by atoms with van der Waals surface area (Å²) in [6.07, 6.45) is -0.560. The van der Waals surface area contributed by atoms with E-state index in [1.54, 1.807) is 11.0 Å². The largest absolute Gasteiger partial charge is 0.360 e. The molecule has 0 aromatic heterocycles. The number of rotatable bonds is 3. The number of benzene rings is 3. The van der Waals surface area contributed by atoms with Gasteiger partial charge in [0, 0.05) is 21.0 Å². The van der Waals surface area contributed by atoms with Crippen LogP contribution in [0, 0.1) is 20.6 Å². The minimum Gasteiger partial charge on any atom is -0.360 e. The van der Waals surface area contributed by atoms with Gasteiger partial charge in [0.25, 0.3) is 11.6 Å². The van der Waals surface area contributed by atoms with Crippen LogP contribution in [-0.2, 0) is 0 Å². The third kappa shape index (κ3) is 3.67. The summed E-state index contributed by atoms with van der Waals surface area (Å²) in [5, 5.41) is 14.5. The van der Waals surface area contributed by atoms with Gasteiger partial charge in [-0.15, -0.1) is 0 Å². The normalized spacial score (nSPS) is 15.6. The summed E-state index contributed by atoms with van der Waals surface area (Å²) < 4.78 is 0.956. The Bertz CT molecular complexity index is 1150. The lowest BCUT2D eigenvalue weighted by Gasteiger charge is -2.38. The first kappa shape index (κ1) is 19.7. The summed E-state index contributed by atoms with van der Waals surface area (Å²) >= 11 is 8.32. The van der Waals surface area contributed by atoms with Crippen molar-refractivity contribution in [1.29, 1.82) is 0 Å². The highest BCUT2D eigenvalue weighted by atomic mass is 127. The van der Waals surface area contributed by atoms with E-state index in [9.17, 15) is 14.9 Å². The second-order valence-corrected chi connectivity index (χ2v) is 8.37. The number of amides is 1. The number of nitro groups is 1. The first-order valence-electron chi connectivity index (χ1n) is 8.75. The van der Waals surface area contributed by atoms with E-state index in [1.807, 2.05) is 49.4 Å². The third-order valence-corrected chi connectivity index (χ3v) is 5.72. The molecule has 8 heteroatoms. The number of carbonyl (C=O) groups excluding carboxylic acids is 1. The van der Waals surface area contributed by atoms with Crippen LogP contribution in [0.1, 0.15) is 27.7 Å². The summed E-state index contributed by atoms with van der Waals surface area (Å²) in [5.41, 5.74) is 3.51. The lowest BCUT2D eigenvalue weighted by Crippen LogP contribution is -2.43. The SMILES string of the molecule is Cc1cccc(N2C(=O)c3cc(I)ccc3NC2c2ccc([N+](=O)[O-])c(Cl)c2)c1. The fourth-order valence-corrected chi connectivity index (χ4v) is 4.15. The van der Waals surface area contributed by atoms with Gasteiger partial charge in [-0.2, -0.15) is 0 Å². The highest BCUT2D eigenvalue weighted by Gasteiger charge is 2.35. The lowest BCUT2D eigenvalue weighted by molar-refractivity contribution is -0.384. The average molecular weight is 520 g/mol. The van der Waals surface area contributed by atoms with Gasteiger partial charge in [0.15, 0.2) is 0 Å². The fraction of sp³-hybridized carbons (Fsp3) is 0.0952. The maximum absolute atomic E-state index is 13.5. The van der Waals surface area contributed by atoms with Crippen LogP contribution in [0.4, 0.5) is 17.1 Å². The molecule has 146 valence electrons. The number of anilines is 2. The summed E-state index contributed by atoms with van der Waals surface area (Å²) in [6, 6.07) is 17.8. The van der Waals surface area contributed by atoms with Gasteiger partial charge in [-0.25, -0.2) is 0 Å². The molecule has 29 heavy (non-hydrogen) atoms. The Labute approximate surface area is 185 Å². The number of nitro benzene ring substituents is 1. The Morgan fingerprint density at radius 2 is 1.93 bits per heavy atom. The van der Waals surface area contributed by atoms with Crippen molar-refractivity contribution in [2.24, 2.45) is 0 Å². The van der Waals surface area contributed by atoms with Gasteiger partial charge in [0.05, 0.1) is 10.5 Å². The molecule has 0 saturated carbocycles. The van der Waals surface area contributed by atoms with Crippen molar-refractivity contribution in [3.05, 3.63) is 96.1 Å². The number of halogens is 2. The van der Waals surface area contributed by atoms with Crippen LogP contribution in [0.25, 0.3) is 0 Å². The number of hydrogen-bond donors (Lipinski definition) is 1. The maximum Gasteiger partial charge on any atom is 0.287 e. The Balaban J connectivity index is 1.87. The quantitative estimate of drug-likeness (QED) is 0.264. The molecule has 1 N–H and O–H groups in total. The van der Waals surface area contributed by atoms with Crippen LogP contribution in [0.5, 0.6) is 0 Å². The van der Waals surface area contributed by atoms with Gasteiger partial charge in [0.1, 0.15) is 11.2 Å². The molecule has 0 bridgehead atoms. The summed E-state index contributed by atoms with van der Waals surface area (Å²) in [4.78, 5) is 25.7. The molecule has 1 amide bonds. The molecule has 1 atom stereocenters. The molecule has 0 spiro atoms. The minimum absolute atomic E-state index is 0.0272. The van der Waals surface area contributed by atoms with Crippen molar-refractivity contribution in [2.45, 2.75) is 13.1 Å². The van der Waals surface area contributed by atoms with Crippen LogP contribution >= 0.6 is 34.2 Å². The topological polar surface area (TPSA) is 75.5 Å². The Hall–Kier alpha value is -2.65. The molecule has 1 aliphatic rings. The molecule has 6 nitrogen and oxygen atoms in total. The number of carbonyl (C=O) groups is 1. The molecule has 3 aromatic rings. The van der Waals surface area contributed by atoms with Crippen molar-refractivity contribution in [2.75, 3.05) is 10.2 Å². The minimum atomic E-state index is -0.560. The zero-order valence-electron chi connectivity index (χ0n) is 15.2. The molecule has 3 aromatic carbocycles. The molecule has 1 unspecified atom stereocenters. The molecule has 1 aliphatic heterocycles. The van der Waals surface area contributed by atoms with Crippen LogP contribution in [-0.4, -0.2) is 10.8 Å². The highest BCUT2D eigenvalue weighted by molar-refractivity contribution is 14.1. The number of fused-ring (bicyclic) bond motifs is 1. The first-order valence-corrected chi connectivity index (χ1v) is 10.2. The molecule has 0 fully saturated rings. The molecule has 4 rings (SSSR count). The molecule has 1 heterocycles. The smallest absolute Gasteiger partial charge is 0.287 e. The lowest BCUT2D eigenvalue weighted by atomic mass is 10.0.